The number of amides is 2. The lowest BCUT2D eigenvalue weighted by Gasteiger charge is -2.30. The summed E-state index contributed by atoms with van der Waals surface area (Å²) in [5, 5.41) is 2.96. The van der Waals surface area contributed by atoms with Gasteiger partial charge in [-0.2, -0.15) is 0 Å². The Hall–Kier alpha value is -2.39. The molecule has 198 valence electrons. The molecule has 9 heteroatoms. The number of carbonyl (C=O) groups is 2. The van der Waals surface area contributed by atoms with Crippen molar-refractivity contribution in [1.82, 2.24) is 10.2 Å². The molecule has 2 amide bonds. The molecule has 0 heterocycles. The predicted octanol–water partition coefficient (Wildman–Crippen LogP) is 4.94. The molecule has 7 nitrogen and oxygen atoms in total. The second kappa shape index (κ2) is 13.2. The zero-order chi connectivity index (χ0) is 27.0. The van der Waals surface area contributed by atoms with E-state index in [4.69, 9.17) is 0 Å². The van der Waals surface area contributed by atoms with Crippen molar-refractivity contribution in [1.29, 1.82) is 0 Å². The van der Waals surface area contributed by atoms with Crippen LogP contribution in [0.15, 0.2) is 46.9 Å². The van der Waals surface area contributed by atoms with E-state index in [-0.39, 0.29) is 37.4 Å². The van der Waals surface area contributed by atoms with Gasteiger partial charge in [0, 0.05) is 30.0 Å². The minimum atomic E-state index is -3.53. The van der Waals surface area contributed by atoms with Crippen LogP contribution in [0, 0.1) is 13.8 Å². The van der Waals surface area contributed by atoms with Crippen molar-refractivity contribution in [3.63, 3.8) is 0 Å². The van der Waals surface area contributed by atoms with Crippen LogP contribution >= 0.6 is 15.9 Å². The Morgan fingerprint density at radius 2 is 1.61 bits per heavy atom. The van der Waals surface area contributed by atoms with Gasteiger partial charge in [-0.15, -0.1) is 0 Å². The molecule has 0 fully saturated rings. The molecule has 2 rings (SSSR count). The van der Waals surface area contributed by atoms with Crippen molar-refractivity contribution in [3.8, 4) is 0 Å². The number of hydrogen-bond donors (Lipinski definition) is 1. The Balaban J connectivity index is 2.19. The van der Waals surface area contributed by atoms with Gasteiger partial charge in [0.25, 0.3) is 0 Å². The average molecular weight is 581 g/mol. The summed E-state index contributed by atoms with van der Waals surface area (Å²) in [6.45, 7) is 9.95. The Labute approximate surface area is 224 Å². The summed E-state index contributed by atoms with van der Waals surface area (Å²) in [7, 11) is -3.53. The number of hydrogen-bond acceptors (Lipinski definition) is 4. The summed E-state index contributed by atoms with van der Waals surface area (Å²) in [6, 6.07) is 12.6. The third kappa shape index (κ3) is 8.92. The first-order chi connectivity index (χ1) is 16.8. The highest BCUT2D eigenvalue weighted by Gasteiger charge is 2.27. The van der Waals surface area contributed by atoms with Crippen LogP contribution in [-0.4, -0.2) is 50.0 Å². The molecule has 0 aliphatic heterocycles. The molecular formula is C27H38BrN3O4S. The van der Waals surface area contributed by atoms with E-state index < -0.39 is 16.1 Å². The van der Waals surface area contributed by atoms with Gasteiger partial charge in [0.15, 0.2) is 0 Å². The van der Waals surface area contributed by atoms with Crippen molar-refractivity contribution in [2.75, 3.05) is 17.1 Å². The molecule has 0 saturated carbocycles. The molecule has 0 aromatic heterocycles. The highest BCUT2D eigenvalue weighted by molar-refractivity contribution is 9.10. The summed E-state index contributed by atoms with van der Waals surface area (Å²) in [5.74, 6) is -0.401. The van der Waals surface area contributed by atoms with Gasteiger partial charge in [-0.1, -0.05) is 41.1 Å². The SMILES string of the molecule is CCC(C)NC(=O)C(C)N(Cc1ccc(Br)cc1)C(=O)CCCN(c1cc(C)cc(C)c1)S(C)(=O)=O. The van der Waals surface area contributed by atoms with Crippen LogP contribution in [0.25, 0.3) is 0 Å². The summed E-state index contributed by atoms with van der Waals surface area (Å²) in [6.07, 6.45) is 2.41. The van der Waals surface area contributed by atoms with Gasteiger partial charge in [0.2, 0.25) is 21.8 Å². The van der Waals surface area contributed by atoms with Gasteiger partial charge in [0.1, 0.15) is 6.04 Å². The summed E-state index contributed by atoms with van der Waals surface area (Å²) < 4.78 is 27.3. The Bertz CT molecular complexity index is 1130. The molecule has 36 heavy (non-hydrogen) atoms. The fraction of sp³-hybridized carbons (Fsp3) is 0.481. The summed E-state index contributed by atoms with van der Waals surface area (Å²) >= 11 is 3.42. The van der Waals surface area contributed by atoms with Crippen molar-refractivity contribution in [2.45, 2.75) is 72.5 Å². The third-order valence-electron chi connectivity index (χ3n) is 6.08. The van der Waals surface area contributed by atoms with Crippen molar-refractivity contribution < 1.29 is 18.0 Å². The van der Waals surface area contributed by atoms with E-state index in [1.165, 1.54) is 10.6 Å². The average Bonchev–Trinajstić information content (AvgIpc) is 2.79. The number of rotatable bonds is 12. The lowest BCUT2D eigenvalue weighted by Crippen LogP contribution is -2.49. The first-order valence-corrected chi connectivity index (χ1v) is 14.9. The normalized spacial score (nSPS) is 13.1. The van der Waals surface area contributed by atoms with E-state index in [1.54, 1.807) is 11.8 Å². The number of carbonyl (C=O) groups excluding carboxylic acids is 2. The quantitative estimate of drug-likeness (QED) is 0.385. The number of sulfonamides is 1. The fourth-order valence-corrected chi connectivity index (χ4v) is 5.15. The molecular weight excluding hydrogens is 542 g/mol. The van der Waals surface area contributed by atoms with E-state index in [1.807, 2.05) is 70.2 Å². The van der Waals surface area contributed by atoms with Gasteiger partial charge in [0.05, 0.1) is 11.9 Å². The maximum atomic E-state index is 13.4. The molecule has 0 spiro atoms. The summed E-state index contributed by atoms with van der Waals surface area (Å²) in [4.78, 5) is 27.8. The standard InChI is InChI=1S/C27H38BrN3O4S/c1-7-21(4)29-27(33)22(5)30(18-23-10-12-24(28)13-11-23)26(32)9-8-14-31(36(6,34)35)25-16-19(2)15-20(3)17-25/h10-13,15-17,21-22H,7-9,14,18H2,1-6H3,(H,29,33). The van der Waals surface area contributed by atoms with Crippen LogP contribution < -0.4 is 9.62 Å². The van der Waals surface area contributed by atoms with Crippen LogP contribution in [0.5, 0.6) is 0 Å². The van der Waals surface area contributed by atoms with E-state index >= 15 is 0 Å². The maximum absolute atomic E-state index is 13.4. The van der Waals surface area contributed by atoms with Gasteiger partial charge >= 0.3 is 0 Å². The number of nitrogens with zero attached hydrogens (tertiary/aromatic N) is 2. The number of benzene rings is 2. The van der Waals surface area contributed by atoms with E-state index in [2.05, 4.69) is 21.2 Å². The molecule has 0 bridgehead atoms. The van der Waals surface area contributed by atoms with Gasteiger partial charge in [-0.05, 0) is 81.5 Å². The third-order valence-corrected chi connectivity index (χ3v) is 7.80. The molecule has 0 saturated heterocycles. The van der Waals surface area contributed by atoms with Crippen LogP contribution in [-0.2, 0) is 26.2 Å². The van der Waals surface area contributed by atoms with Crippen molar-refractivity contribution in [3.05, 3.63) is 63.6 Å². The number of anilines is 1. The topological polar surface area (TPSA) is 86.8 Å². The molecule has 2 aromatic rings. The van der Waals surface area contributed by atoms with Crippen molar-refractivity contribution in [2.24, 2.45) is 0 Å². The van der Waals surface area contributed by atoms with Crippen LogP contribution in [0.2, 0.25) is 0 Å². The minimum absolute atomic E-state index is 0.00527. The molecule has 2 aromatic carbocycles. The largest absolute Gasteiger partial charge is 0.352 e. The molecule has 0 aliphatic carbocycles. The second-order valence-corrected chi connectivity index (χ2v) is 12.2. The monoisotopic (exact) mass is 579 g/mol. The molecule has 1 N–H and O–H groups in total. The number of nitrogens with one attached hydrogen (secondary N) is 1. The Morgan fingerprint density at radius 3 is 2.14 bits per heavy atom. The first kappa shape index (κ1) is 29.8. The van der Waals surface area contributed by atoms with E-state index in [9.17, 15) is 18.0 Å². The first-order valence-electron chi connectivity index (χ1n) is 12.2. The van der Waals surface area contributed by atoms with Crippen LogP contribution in [0.3, 0.4) is 0 Å². The highest BCUT2D eigenvalue weighted by Crippen LogP contribution is 2.22. The second-order valence-electron chi connectivity index (χ2n) is 9.43. The Morgan fingerprint density at radius 1 is 1.03 bits per heavy atom. The number of aryl methyl sites for hydroxylation is 2. The maximum Gasteiger partial charge on any atom is 0.242 e. The zero-order valence-electron chi connectivity index (χ0n) is 22.0. The van der Waals surface area contributed by atoms with Gasteiger partial charge in [-0.25, -0.2) is 8.42 Å². The molecule has 0 aliphatic rings. The zero-order valence-corrected chi connectivity index (χ0v) is 24.4. The van der Waals surface area contributed by atoms with Crippen molar-refractivity contribution >= 4 is 43.5 Å². The van der Waals surface area contributed by atoms with Gasteiger partial charge < -0.3 is 10.2 Å². The molecule has 2 atom stereocenters. The van der Waals surface area contributed by atoms with E-state index in [0.717, 1.165) is 27.6 Å². The lowest BCUT2D eigenvalue weighted by atomic mass is 10.1. The van der Waals surface area contributed by atoms with Crippen LogP contribution in [0.4, 0.5) is 5.69 Å². The molecule has 2 unspecified atom stereocenters. The smallest absolute Gasteiger partial charge is 0.242 e. The highest BCUT2D eigenvalue weighted by atomic mass is 79.9. The predicted molar refractivity (Wildman–Crippen MR) is 149 cm³/mol. The fourth-order valence-electron chi connectivity index (χ4n) is 3.93. The van der Waals surface area contributed by atoms with Crippen LogP contribution in [0.1, 0.15) is 56.7 Å². The van der Waals surface area contributed by atoms with Gasteiger partial charge in [-0.3, -0.25) is 13.9 Å². The Kier molecular flexibility index (Phi) is 11.0. The minimum Gasteiger partial charge on any atom is -0.352 e. The number of halogens is 1. The van der Waals surface area contributed by atoms with E-state index in [0.29, 0.717) is 12.1 Å². The lowest BCUT2D eigenvalue weighted by molar-refractivity contribution is -0.140. The molecule has 0 radical (unpaired) electrons. The summed E-state index contributed by atoms with van der Waals surface area (Å²) in [5.41, 5.74) is 3.44.